The van der Waals surface area contributed by atoms with Crippen molar-refractivity contribution in [1.82, 2.24) is 9.55 Å². The van der Waals surface area contributed by atoms with Gasteiger partial charge in [-0.2, -0.15) is 9.29 Å². The summed E-state index contributed by atoms with van der Waals surface area (Å²) in [5.41, 5.74) is 4.58. The molecular formula is C52H89N3O16P2. The lowest BCUT2D eigenvalue weighted by Crippen LogP contribution is -2.36. The van der Waals surface area contributed by atoms with Crippen molar-refractivity contribution in [2.45, 2.75) is 218 Å². The van der Waals surface area contributed by atoms with E-state index in [4.69, 9.17) is 29.0 Å². The van der Waals surface area contributed by atoms with Crippen LogP contribution in [0.4, 0.5) is 5.82 Å². The summed E-state index contributed by atoms with van der Waals surface area (Å²) in [4.78, 5) is 62.0. The van der Waals surface area contributed by atoms with Gasteiger partial charge in [-0.15, -0.1) is 0 Å². The smallest absolute Gasteiger partial charge is 0.462 e. The number of carbonyl (C=O) groups excluding carboxylic acids is 2. The number of hydrogen-bond acceptors (Lipinski definition) is 16. The standard InChI is InChI=1S/C52H89N3O16P2/c1-4-5-6-7-17-23-28-33-43(56)34-29-24-19-16-21-26-31-36-48(58)69-44(39-66-47(57)35-30-25-20-15-13-11-9-8-10-12-14-18-22-27-32-42(2)3)40-67-72(62,63)71-73(64,65)68-41-45-49(59)50(60)51(70-45)55-38-37-46(53)54-52(55)61/h16-17,21,23-24,28-29,33,37-38,42-45,49-51,56,59-60H,4-15,18-20,22,25-27,30-32,34-36,39-41H2,1-3H3,(H,62,63)(H,64,65)(H2,53,54,61)/b21-16+,23-17-,29-24-,33-28-/t43-,44+,45+,49+,50+,51+/m0/s1. The van der Waals surface area contributed by atoms with E-state index >= 15 is 0 Å². The number of nitrogens with zero attached hydrogens (tertiary/aromatic N) is 2. The summed E-state index contributed by atoms with van der Waals surface area (Å²) in [6, 6.07) is 1.24. The number of ether oxygens (including phenoxy) is 3. The van der Waals surface area contributed by atoms with Crippen LogP contribution < -0.4 is 11.4 Å². The largest absolute Gasteiger partial charge is 0.481 e. The Bertz CT molecular complexity index is 1940. The lowest BCUT2D eigenvalue weighted by atomic mass is 10.0. The molecule has 1 fully saturated rings. The third-order valence-electron chi connectivity index (χ3n) is 11.9. The average molecular weight is 1070 g/mol. The number of aliphatic hydroxyl groups is 3. The maximum absolute atomic E-state index is 12.9. The van der Waals surface area contributed by atoms with E-state index in [0.717, 1.165) is 55.2 Å². The Morgan fingerprint density at radius 1 is 0.767 bits per heavy atom. The lowest BCUT2D eigenvalue weighted by molar-refractivity contribution is -0.161. The maximum Gasteiger partial charge on any atom is 0.481 e. The van der Waals surface area contributed by atoms with Crippen LogP contribution in [0, 0.1) is 5.92 Å². The molecule has 1 aliphatic heterocycles. The van der Waals surface area contributed by atoms with E-state index in [1.165, 1.54) is 83.1 Å². The van der Waals surface area contributed by atoms with Gasteiger partial charge in [0.25, 0.3) is 0 Å². The molecule has 0 aliphatic carbocycles. The van der Waals surface area contributed by atoms with E-state index in [1.807, 2.05) is 36.5 Å². The molecule has 0 amide bonds. The number of anilines is 1. The summed E-state index contributed by atoms with van der Waals surface area (Å²) in [5, 5.41) is 31.1. The molecule has 2 heterocycles. The molecule has 7 N–H and O–H groups in total. The third kappa shape index (κ3) is 32.7. The van der Waals surface area contributed by atoms with Crippen molar-refractivity contribution in [2.24, 2.45) is 5.92 Å². The maximum atomic E-state index is 12.9. The van der Waals surface area contributed by atoms with Gasteiger partial charge in [0.1, 0.15) is 30.7 Å². The molecule has 0 aromatic carbocycles. The van der Waals surface area contributed by atoms with Crippen molar-refractivity contribution in [1.29, 1.82) is 0 Å². The molecule has 418 valence electrons. The van der Waals surface area contributed by atoms with Crippen molar-refractivity contribution < 1.29 is 71.4 Å². The van der Waals surface area contributed by atoms with Gasteiger partial charge in [-0.05, 0) is 56.9 Å². The topological polar surface area (TPSA) is 286 Å². The van der Waals surface area contributed by atoms with E-state index in [9.17, 15) is 48.6 Å². The number of phosphoric ester groups is 2. The fourth-order valence-corrected chi connectivity index (χ4v) is 9.86. The number of unbranched alkanes of at least 4 members (excludes halogenated alkanes) is 17. The van der Waals surface area contributed by atoms with Crippen molar-refractivity contribution in [3.05, 3.63) is 71.4 Å². The number of nitrogens with two attached hydrogens (primary N) is 1. The molecular weight excluding hydrogens is 985 g/mol. The van der Waals surface area contributed by atoms with Gasteiger partial charge in [0.2, 0.25) is 0 Å². The highest BCUT2D eigenvalue weighted by molar-refractivity contribution is 7.61. The molecule has 0 radical (unpaired) electrons. The molecule has 1 aromatic rings. The Morgan fingerprint density at radius 3 is 2.01 bits per heavy atom. The Labute approximate surface area is 433 Å². The second kappa shape index (κ2) is 39.1. The van der Waals surface area contributed by atoms with Crippen LogP contribution in [0.15, 0.2) is 65.7 Å². The molecule has 1 saturated heterocycles. The highest BCUT2D eigenvalue weighted by Crippen LogP contribution is 2.60. The van der Waals surface area contributed by atoms with Gasteiger partial charge in [-0.25, -0.2) is 13.9 Å². The highest BCUT2D eigenvalue weighted by atomic mass is 31.3. The third-order valence-corrected chi connectivity index (χ3v) is 14.5. The molecule has 8 atom stereocenters. The number of hydrogen-bond donors (Lipinski definition) is 6. The summed E-state index contributed by atoms with van der Waals surface area (Å²) >= 11 is 0. The quantitative estimate of drug-likeness (QED) is 0.0117. The minimum Gasteiger partial charge on any atom is -0.462 e. The van der Waals surface area contributed by atoms with E-state index in [2.05, 4.69) is 36.1 Å². The van der Waals surface area contributed by atoms with Crippen LogP contribution in [-0.4, -0.2) is 96.9 Å². The second-order valence-corrected chi connectivity index (χ2v) is 22.1. The molecule has 21 heteroatoms. The number of phosphoric acid groups is 2. The van der Waals surface area contributed by atoms with Crippen LogP contribution in [0.5, 0.6) is 0 Å². The summed E-state index contributed by atoms with van der Waals surface area (Å²) in [6.45, 7) is 4.33. The number of rotatable bonds is 43. The van der Waals surface area contributed by atoms with Gasteiger partial charge in [0, 0.05) is 19.0 Å². The summed E-state index contributed by atoms with van der Waals surface area (Å²) in [5.74, 6) is -0.615. The van der Waals surface area contributed by atoms with Crippen LogP contribution in [0.3, 0.4) is 0 Å². The molecule has 2 rings (SSSR count). The van der Waals surface area contributed by atoms with Crippen molar-refractivity contribution in [3.8, 4) is 0 Å². The van der Waals surface area contributed by atoms with Crippen molar-refractivity contribution in [3.63, 3.8) is 0 Å². The SMILES string of the molecule is CCCCC/C=C\C=C/[C@H](O)C/C=C\C/C=C/CCCC(=O)O[C@H](COC(=O)CCCCCCCCCCCCCCCCC(C)C)COP(=O)(O)OP(=O)(O)OC[C@H]1O[C@@H](n2ccc(N)nc2=O)[C@H](O)[C@@H]1O. The second-order valence-electron chi connectivity index (χ2n) is 19.1. The van der Waals surface area contributed by atoms with Gasteiger partial charge < -0.3 is 45.1 Å². The van der Waals surface area contributed by atoms with E-state index < -0.39 is 89.8 Å². The predicted octanol–water partition coefficient (Wildman–Crippen LogP) is 10.2. The summed E-state index contributed by atoms with van der Waals surface area (Å²) in [7, 11) is -10.9. The van der Waals surface area contributed by atoms with Gasteiger partial charge >= 0.3 is 33.3 Å². The Kier molecular flexibility index (Phi) is 35.3. The van der Waals surface area contributed by atoms with Crippen LogP contribution in [-0.2, 0) is 46.3 Å². The van der Waals surface area contributed by atoms with Gasteiger partial charge in [0.15, 0.2) is 12.3 Å². The monoisotopic (exact) mass is 1070 g/mol. The number of esters is 2. The zero-order chi connectivity index (χ0) is 53.7. The fourth-order valence-electron chi connectivity index (χ4n) is 7.75. The first kappa shape index (κ1) is 65.8. The normalized spacial score (nSPS) is 19.8. The van der Waals surface area contributed by atoms with Gasteiger partial charge in [-0.3, -0.25) is 23.2 Å². The van der Waals surface area contributed by atoms with Crippen LogP contribution in [0.2, 0.25) is 0 Å². The summed E-state index contributed by atoms with van der Waals surface area (Å²) < 4.78 is 56.7. The zero-order valence-corrected chi connectivity index (χ0v) is 45.5. The molecule has 0 bridgehead atoms. The minimum absolute atomic E-state index is 0.0596. The molecule has 19 nitrogen and oxygen atoms in total. The van der Waals surface area contributed by atoms with Crippen molar-refractivity contribution >= 4 is 33.4 Å². The van der Waals surface area contributed by atoms with E-state index in [0.29, 0.717) is 32.1 Å². The molecule has 2 unspecified atom stereocenters. The fraction of sp³-hybridized carbons (Fsp3) is 0.731. The van der Waals surface area contributed by atoms with Crippen molar-refractivity contribution in [2.75, 3.05) is 25.6 Å². The van der Waals surface area contributed by atoms with Crippen LogP contribution >= 0.6 is 15.6 Å². The first-order chi connectivity index (χ1) is 34.9. The number of aliphatic hydroxyl groups excluding tert-OH is 3. The van der Waals surface area contributed by atoms with Gasteiger partial charge in [0.05, 0.1) is 19.3 Å². The molecule has 0 spiro atoms. The molecule has 1 aliphatic rings. The lowest BCUT2D eigenvalue weighted by Gasteiger charge is -2.21. The Hall–Kier alpha value is -3.32. The first-order valence-corrected chi connectivity index (χ1v) is 29.6. The zero-order valence-electron chi connectivity index (χ0n) is 43.7. The summed E-state index contributed by atoms with van der Waals surface area (Å²) in [6.07, 6.45) is 32.2. The molecule has 1 aromatic heterocycles. The van der Waals surface area contributed by atoms with Gasteiger partial charge in [-0.1, -0.05) is 172 Å². The number of allylic oxidation sites excluding steroid dienone is 6. The van der Waals surface area contributed by atoms with Crippen LogP contribution in [0.1, 0.15) is 188 Å². The van der Waals surface area contributed by atoms with E-state index in [1.54, 1.807) is 6.08 Å². The number of nitrogen functional groups attached to an aromatic ring is 1. The molecule has 73 heavy (non-hydrogen) atoms. The average Bonchev–Trinajstić information content (AvgIpc) is 3.61. The Morgan fingerprint density at radius 2 is 1.37 bits per heavy atom. The highest BCUT2D eigenvalue weighted by Gasteiger charge is 2.46. The number of carbonyl (C=O) groups is 2. The first-order valence-electron chi connectivity index (χ1n) is 26.6. The minimum atomic E-state index is -5.45. The van der Waals surface area contributed by atoms with Crippen LogP contribution in [0.25, 0.3) is 0 Å². The molecule has 0 saturated carbocycles. The number of aromatic nitrogens is 2. The van der Waals surface area contributed by atoms with E-state index in [-0.39, 0.29) is 18.7 Å². The predicted molar refractivity (Wildman–Crippen MR) is 281 cm³/mol. The Balaban J connectivity index is 1.82.